The van der Waals surface area contributed by atoms with Crippen LogP contribution in [0.5, 0.6) is 0 Å². The Kier molecular flexibility index (Phi) is 4.16. The van der Waals surface area contributed by atoms with Gasteiger partial charge in [0.1, 0.15) is 5.54 Å². The SMILES string of the molecule is CC(=O)NC1(c2nc(C)no2)CCN(Cc2ccc3ccccc3n2)C1. The third-order valence-corrected chi connectivity index (χ3v) is 4.74. The second kappa shape index (κ2) is 6.49. The number of likely N-dealkylation sites (tertiary alicyclic amines) is 1. The van der Waals surface area contributed by atoms with E-state index in [2.05, 4.69) is 38.6 Å². The van der Waals surface area contributed by atoms with Gasteiger partial charge in [0.15, 0.2) is 5.82 Å². The predicted octanol–water partition coefficient (Wildman–Crippen LogP) is 2.16. The van der Waals surface area contributed by atoms with E-state index < -0.39 is 5.54 Å². The van der Waals surface area contributed by atoms with Crippen molar-refractivity contribution in [3.63, 3.8) is 0 Å². The van der Waals surface area contributed by atoms with Gasteiger partial charge in [0.25, 0.3) is 5.89 Å². The van der Waals surface area contributed by atoms with E-state index in [4.69, 9.17) is 9.51 Å². The van der Waals surface area contributed by atoms with Crippen molar-refractivity contribution in [2.24, 2.45) is 0 Å². The highest BCUT2D eigenvalue weighted by molar-refractivity contribution is 5.78. The van der Waals surface area contributed by atoms with Crippen molar-refractivity contribution in [2.75, 3.05) is 13.1 Å². The lowest BCUT2D eigenvalue weighted by Gasteiger charge is -2.26. The average molecular weight is 351 g/mol. The molecule has 1 aromatic carbocycles. The first-order valence-corrected chi connectivity index (χ1v) is 8.71. The molecule has 26 heavy (non-hydrogen) atoms. The maximum absolute atomic E-state index is 11.8. The van der Waals surface area contributed by atoms with E-state index in [1.807, 2.05) is 18.2 Å². The first-order valence-electron chi connectivity index (χ1n) is 8.71. The van der Waals surface area contributed by atoms with Crippen LogP contribution in [0.2, 0.25) is 0 Å². The lowest BCUT2D eigenvalue weighted by molar-refractivity contribution is -0.121. The van der Waals surface area contributed by atoms with Crippen molar-refractivity contribution in [1.29, 1.82) is 0 Å². The molecule has 2 aromatic heterocycles. The predicted molar refractivity (Wildman–Crippen MR) is 96.2 cm³/mol. The Morgan fingerprint density at radius 2 is 2.12 bits per heavy atom. The first-order chi connectivity index (χ1) is 12.5. The zero-order valence-corrected chi connectivity index (χ0v) is 14.9. The Hall–Kier alpha value is -2.80. The standard InChI is InChI=1S/C19H21N5O2/c1-13-20-18(26-23-13)19(22-14(2)25)9-10-24(12-19)11-16-8-7-15-5-3-4-6-17(15)21-16/h3-8H,9-12H2,1-2H3,(H,22,25). The third-order valence-electron chi connectivity index (χ3n) is 4.74. The molecule has 1 N–H and O–H groups in total. The number of nitrogens with one attached hydrogen (secondary N) is 1. The van der Waals surface area contributed by atoms with Gasteiger partial charge in [0, 0.05) is 31.9 Å². The maximum Gasteiger partial charge on any atom is 0.253 e. The number of carbonyl (C=O) groups is 1. The number of pyridine rings is 1. The Morgan fingerprint density at radius 3 is 2.88 bits per heavy atom. The van der Waals surface area contributed by atoms with Gasteiger partial charge in [-0.05, 0) is 25.5 Å². The molecule has 4 rings (SSSR count). The molecule has 1 atom stereocenters. The Labute approximate surface area is 151 Å². The van der Waals surface area contributed by atoms with Crippen molar-refractivity contribution in [3.05, 3.63) is 53.8 Å². The number of aryl methyl sites for hydroxylation is 1. The minimum absolute atomic E-state index is 0.105. The van der Waals surface area contributed by atoms with Crippen molar-refractivity contribution in [1.82, 2.24) is 25.3 Å². The molecule has 0 spiro atoms. The van der Waals surface area contributed by atoms with Gasteiger partial charge in [-0.3, -0.25) is 14.7 Å². The highest BCUT2D eigenvalue weighted by atomic mass is 16.5. The highest BCUT2D eigenvalue weighted by Gasteiger charge is 2.45. The topological polar surface area (TPSA) is 84.2 Å². The molecule has 0 aliphatic carbocycles. The number of rotatable bonds is 4. The van der Waals surface area contributed by atoms with Crippen LogP contribution >= 0.6 is 0 Å². The van der Waals surface area contributed by atoms with E-state index in [9.17, 15) is 4.79 Å². The van der Waals surface area contributed by atoms with Crippen LogP contribution in [0.4, 0.5) is 0 Å². The molecule has 0 radical (unpaired) electrons. The fraction of sp³-hybridized carbons (Fsp3) is 0.368. The summed E-state index contributed by atoms with van der Waals surface area (Å²) < 4.78 is 5.39. The second-order valence-corrected chi connectivity index (χ2v) is 6.87. The molecule has 134 valence electrons. The molecule has 7 nitrogen and oxygen atoms in total. The molecule has 1 unspecified atom stereocenters. The quantitative estimate of drug-likeness (QED) is 0.775. The molecule has 0 bridgehead atoms. The van der Waals surface area contributed by atoms with Crippen LogP contribution in [0.25, 0.3) is 10.9 Å². The van der Waals surface area contributed by atoms with E-state index in [1.165, 1.54) is 6.92 Å². The highest BCUT2D eigenvalue weighted by Crippen LogP contribution is 2.32. The van der Waals surface area contributed by atoms with Crippen molar-refractivity contribution >= 4 is 16.8 Å². The van der Waals surface area contributed by atoms with Gasteiger partial charge in [0.05, 0.1) is 11.2 Å². The summed E-state index contributed by atoms with van der Waals surface area (Å²) in [6, 6.07) is 12.2. The number of aromatic nitrogens is 3. The van der Waals surface area contributed by atoms with Crippen LogP contribution < -0.4 is 5.32 Å². The van der Waals surface area contributed by atoms with Gasteiger partial charge in [-0.1, -0.05) is 29.4 Å². The fourth-order valence-corrected chi connectivity index (χ4v) is 3.61. The molecule has 1 saturated heterocycles. The molecule has 1 amide bonds. The summed E-state index contributed by atoms with van der Waals surface area (Å²) in [5.41, 5.74) is 1.36. The summed E-state index contributed by atoms with van der Waals surface area (Å²) in [5, 5.41) is 8.05. The van der Waals surface area contributed by atoms with E-state index in [1.54, 1.807) is 6.92 Å². The van der Waals surface area contributed by atoms with Crippen LogP contribution in [-0.2, 0) is 16.9 Å². The molecular formula is C19H21N5O2. The van der Waals surface area contributed by atoms with Crippen LogP contribution in [0, 0.1) is 6.92 Å². The normalized spacial score (nSPS) is 20.5. The number of nitrogens with zero attached hydrogens (tertiary/aromatic N) is 4. The molecule has 1 aliphatic heterocycles. The molecule has 7 heteroatoms. The van der Waals surface area contributed by atoms with Crippen molar-refractivity contribution < 1.29 is 9.32 Å². The van der Waals surface area contributed by atoms with Gasteiger partial charge in [-0.15, -0.1) is 0 Å². The third kappa shape index (κ3) is 3.17. The first kappa shape index (κ1) is 16.7. The summed E-state index contributed by atoms with van der Waals surface area (Å²) in [4.78, 5) is 23.1. The van der Waals surface area contributed by atoms with E-state index >= 15 is 0 Å². The van der Waals surface area contributed by atoms with Gasteiger partial charge >= 0.3 is 0 Å². The number of benzene rings is 1. The summed E-state index contributed by atoms with van der Waals surface area (Å²) in [7, 11) is 0. The number of fused-ring (bicyclic) bond motifs is 1. The number of hydrogen-bond acceptors (Lipinski definition) is 6. The monoisotopic (exact) mass is 351 g/mol. The molecule has 1 aliphatic rings. The number of para-hydroxylation sites is 1. The summed E-state index contributed by atoms with van der Waals surface area (Å²) in [5.74, 6) is 0.935. The molecule has 1 fully saturated rings. The van der Waals surface area contributed by atoms with Gasteiger partial charge < -0.3 is 9.84 Å². The van der Waals surface area contributed by atoms with Gasteiger partial charge in [-0.2, -0.15) is 4.98 Å². The van der Waals surface area contributed by atoms with Crippen molar-refractivity contribution in [3.8, 4) is 0 Å². The fourth-order valence-electron chi connectivity index (χ4n) is 3.61. The van der Waals surface area contributed by atoms with E-state index in [0.29, 0.717) is 24.8 Å². The minimum atomic E-state index is -0.635. The second-order valence-electron chi connectivity index (χ2n) is 6.87. The van der Waals surface area contributed by atoms with Crippen LogP contribution in [-0.4, -0.2) is 39.0 Å². The number of carbonyl (C=O) groups excluding carboxylic acids is 1. The Balaban J connectivity index is 1.56. The minimum Gasteiger partial charge on any atom is -0.341 e. The van der Waals surface area contributed by atoms with Crippen LogP contribution in [0.3, 0.4) is 0 Å². The zero-order chi connectivity index (χ0) is 18.1. The summed E-state index contributed by atoms with van der Waals surface area (Å²) >= 11 is 0. The number of hydrogen-bond donors (Lipinski definition) is 1. The van der Waals surface area contributed by atoms with Crippen LogP contribution in [0.1, 0.15) is 30.8 Å². The van der Waals surface area contributed by atoms with Crippen molar-refractivity contribution in [2.45, 2.75) is 32.4 Å². The van der Waals surface area contributed by atoms with E-state index in [0.717, 1.165) is 29.6 Å². The molecule has 3 heterocycles. The maximum atomic E-state index is 11.8. The zero-order valence-electron chi connectivity index (χ0n) is 14.9. The lowest BCUT2D eigenvalue weighted by atomic mass is 9.98. The molecule has 3 aromatic rings. The molecular weight excluding hydrogens is 330 g/mol. The lowest BCUT2D eigenvalue weighted by Crippen LogP contribution is -2.47. The largest absolute Gasteiger partial charge is 0.341 e. The molecule has 0 saturated carbocycles. The van der Waals surface area contributed by atoms with E-state index in [-0.39, 0.29) is 5.91 Å². The Morgan fingerprint density at radius 1 is 1.27 bits per heavy atom. The smallest absolute Gasteiger partial charge is 0.253 e. The van der Waals surface area contributed by atoms with Crippen LogP contribution in [0.15, 0.2) is 40.9 Å². The van der Waals surface area contributed by atoms with Gasteiger partial charge in [-0.25, -0.2) is 0 Å². The summed E-state index contributed by atoms with van der Waals surface area (Å²) in [6.45, 7) is 5.43. The number of amides is 1. The average Bonchev–Trinajstić information content (AvgIpc) is 3.22. The summed E-state index contributed by atoms with van der Waals surface area (Å²) in [6.07, 6.45) is 0.724. The Bertz CT molecular complexity index is 954. The van der Waals surface area contributed by atoms with Gasteiger partial charge in [0.2, 0.25) is 5.91 Å².